The average Bonchev–Trinajstić information content (AvgIpc) is 3.27. The van der Waals surface area contributed by atoms with Crippen LogP contribution in [-0.4, -0.2) is 25.6 Å². The summed E-state index contributed by atoms with van der Waals surface area (Å²) >= 11 is 0. The van der Waals surface area contributed by atoms with Crippen LogP contribution in [0.1, 0.15) is 17.5 Å². The molecule has 1 N–H and O–H groups in total. The van der Waals surface area contributed by atoms with Gasteiger partial charge >= 0.3 is 0 Å². The maximum atomic E-state index is 5.61. The zero-order chi connectivity index (χ0) is 15.5. The minimum absolute atomic E-state index is 0.156. The predicted molar refractivity (Wildman–Crippen MR) is 92.6 cm³/mol. The summed E-state index contributed by atoms with van der Waals surface area (Å²) in [5, 5.41) is 3.57. The minimum atomic E-state index is -0.156. The quantitative estimate of drug-likeness (QED) is 0.944. The van der Waals surface area contributed by atoms with Crippen LogP contribution in [0.2, 0.25) is 0 Å². The van der Waals surface area contributed by atoms with Crippen LogP contribution in [0.25, 0.3) is 0 Å². The number of nitrogens with one attached hydrogen (secondary N) is 1. The van der Waals surface area contributed by atoms with Crippen molar-refractivity contribution in [3.05, 3.63) is 83.6 Å². The van der Waals surface area contributed by atoms with E-state index < -0.39 is 0 Å². The van der Waals surface area contributed by atoms with E-state index in [2.05, 4.69) is 77.0 Å². The monoisotopic (exact) mass is 304 g/mol. The van der Waals surface area contributed by atoms with Crippen LogP contribution in [0.4, 0.5) is 0 Å². The molecule has 0 amide bonds. The predicted octanol–water partition coefficient (Wildman–Crippen LogP) is 3.28. The number of rotatable bonds is 3. The lowest BCUT2D eigenvalue weighted by molar-refractivity contribution is 0.349. The fraction of sp³-hybridized carbons (Fsp3) is 0.250. The fourth-order valence-corrected chi connectivity index (χ4v) is 3.62. The first-order valence-corrected chi connectivity index (χ1v) is 8.14. The third kappa shape index (κ3) is 2.42. The molecular weight excluding hydrogens is 284 g/mol. The molecule has 2 aromatic rings. The van der Waals surface area contributed by atoms with Crippen molar-refractivity contribution in [2.24, 2.45) is 4.99 Å². The first-order valence-electron chi connectivity index (χ1n) is 8.14. The second-order valence-corrected chi connectivity index (χ2v) is 5.94. The molecule has 2 aliphatic heterocycles. The number of nitrogens with zero attached hydrogens (tertiary/aromatic N) is 1. The van der Waals surface area contributed by atoms with Crippen molar-refractivity contribution in [3.63, 3.8) is 0 Å². The highest BCUT2D eigenvalue weighted by Crippen LogP contribution is 2.44. The van der Waals surface area contributed by atoms with E-state index in [-0.39, 0.29) is 5.41 Å². The SMILES string of the molecule is C(/C1=NCCO1)=C1/NCCC1(c1ccccc1)c1ccccc1. The molecule has 2 aromatic carbocycles. The second kappa shape index (κ2) is 5.92. The lowest BCUT2D eigenvalue weighted by Crippen LogP contribution is -2.29. The van der Waals surface area contributed by atoms with Crippen molar-refractivity contribution in [2.75, 3.05) is 19.7 Å². The Kier molecular flexibility index (Phi) is 3.62. The molecule has 1 saturated heterocycles. The van der Waals surface area contributed by atoms with Crippen molar-refractivity contribution in [1.82, 2.24) is 5.32 Å². The highest BCUT2D eigenvalue weighted by atomic mass is 16.5. The molecular formula is C20H20N2O. The molecule has 2 heterocycles. The Hall–Kier alpha value is -2.55. The third-order valence-electron chi connectivity index (χ3n) is 4.69. The van der Waals surface area contributed by atoms with Gasteiger partial charge in [-0.2, -0.15) is 0 Å². The molecule has 4 rings (SSSR count). The molecule has 0 radical (unpaired) electrons. The highest BCUT2D eigenvalue weighted by molar-refractivity contribution is 5.90. The third-order valence-corrected chi connectivity index (χ3v) is 4.69. The molecule has 0 unspecified atom stereocenters. The van der Waals surface area contributed by atoms with Crippen molar-refractivity contribution >= 4 is 5.90 Å². The van der Waals surface area contributed by atoms with Crippen LogP contribution in [0.5, 0.6) is 0 Å². The van der Waals surface area contributed by atoms with Gasteiger partial charge in [-0.15, -0.1) is 0 Å². The lowest BCUT2D eigenvalue weighted by Gasteiger charge is -2.31. The molecule has 0 atom stereocenters. The van der Waals surface area contributed by atoms with Crippen LogP contribution >= 0.6 is 0 Å². The summed E-state index contributed by atoms with van der Waals surface area (Å²) in [5.41, 5.74) is 3.63. The van der Waals surface area contributed by atoms with E-state index in [1.807, 2.05) is 0 Å². The molecule has 3 heteroatoms. The van der Waals surface area contributed by atoms with Gasteiger partial charge in [0.05, 0.1) is 12.0 Å². The van der Waals surface area contributed by atoms with Gasteiger partial charge in [-0.1, -0.05) is 60.7 Å². The molecule has 0 bridgehead atoms. The van der Waals surface area contributed by atoms with Crippen molar-refractivity contribution in [2.45, 2.75) is 11.8 Å². The van der Waals surface area contributed by atoms with Crippen LogP contribution in [0.3, 0.4) is 0 Å². The van der Waals surface area contributed by atoms with E-state index in [1.165, 1.54) is 16.8 Å². The van der Waals surface area contributed by atoms with Gasteiger partial charge in [0.25, 0.3) is 0 Å². The summed E-state index contributed by atoms with van der Waals surface area (Å²) < 4.78 is 5.61. The van der Waals surface area contributed by atoms with E-state index in [4.69, 9.17) is 4.74 Å². The highest BCUT2D eigenvalue weighted by Gasteiger charge is 2.42. The van der Waals surface area contributed by atoms with E-state index in [1.54, 1.807) is 0 Å². The smallest absolute Gasteiger partial charge is 0.210 e. The normalized spacial score (nSPS) is 20.9. The van der Waals surface area contributed by atoms with Crippen molar-refractivity contribution in [3.8, 4) is 0 Å². The van der Waals surface area contributed by atoms with Crippen LogP contribution < -0.4 is 5.32 Å². The molecule has 0 aliphatic carbocycles. The number of hydrogen-bond acceptors (Lipinski definition) is 3. The van der Waals surface area contributed by atoms with Crippen molar-refractivity contribution in [1.29, 1.82) is 0 Å². The van der Waals surface area contributed by atoms with Crippen LogP contribution in [0.15, 0.2) is 77.4 Å². The summed E-state index contributed by atoms with van der Waals surface area (Å²) in [6.45, 7) is 2.38. The second-order valence-electron chi connectivity index (χ2n) is 5.94. The lowest BCUT2D eigenvalue weighted by atomic mass is 9.71. The molecule has 2 aliphatic rings. The maximum Gasteiger partial charge on any atom is 0.210 e. The Bertz CT molecular complexity index is 695. The average molecular weight is 304 g/mol. The number of benzene rings is 2. The molecule has 0 aromatic heterocycles. The number of hydrogen-bond donors (Lipinski definition) is 1. The molecule has 23 heavy (non-hydrogen) atoms. The van der Waals surface area contributed by atoms with Crippen molar-refractivity contribution < 1.29 is 4.74 Å². The number of aliphatic imine (C=N–C) groups is 1. The topological polar surface area (TPSA) is 33.6 Å². The van der Waals surface area contributed by atoms with Gasteiger partial charge in [-0.05, 0) is 17.5 Å². The van der Waals surface area contributed by atoms with Gasteiger partial charge < -0.3 is 10.1 Å². The van der Waals surface area contributed by atoms with Gasteiger partial charge in [-0.3, -0.25) is 0 Å². The van der Waals surface area contributed by atoms with Gasteiger partial charge in [0.15, 0.2) is 0 Å². The Morgan fingerprint density at radius 1 is 0.957 bits per heavy atom. The van der Waals surface area contributed by atoms with Gasteiger partial charge in [0.1, 0.15) is 6.61 Å². The van der Waals surface area contributed by atoms with Crippen LogP contribution in [-0.2, 0) is 10.2 Å². The Morgan fingerprint density at radius 2 is 1.61 bits per heavy atom. The minimum Gasteiger partial charge on any atom is -0.476 e. The molecule has 116 valence electrons. The van der Waals surface area contributed by atoms with Gasteiger partial charge in [-0.25, -0.2) is 4.99 Å². The van der Waals surface area contributed by atoms with E-state index in [0.29, 0.717) is 6.61 Å². The Labute approximate surface area is 136 Å². The molecule has 0 spiro atoms. The Morgan fingerprint density at radius 3 is 2.17 bits per heavy atom. The van der Waals surface area contributed by atoms with Gasteiger partial charge in [0, 0.05) is 18.3 Å². The summed E-state index contributed by atoms with van der Waals surface area (Å²) in [5.74, 6) is 0.741. The first kappa shape index (κ1) is 14.1. The largest absolute Gasteiger partial charge is 0.476 e. The Balaban J connectivity index is 1.89. The van der Waals surface area contributed by atoms with Gasteiger partial charge in [0.2, 0.25) is 5.90 Å². The standard InChI is InChI=1S/C20H20N2O/c1-3-7-16(8-4-1)20(17-9-5-2-6-10-17)11-12-21-18(20)15-19-22-13-14-23-19/h1-10,15,21H,11-14H2/b18-15-. The van der Waals surface area contributed by atoms with E-state index >= 15 is 0 Å². The maximum absolute atomic E-state index is 5.61. The molecule has 1 fully saturated rings. The van der Waals surface area contributed by atoms with E-state index in [0.717, 1.165) is 25.4 Å². The fourth-order valence-electron chi connectivity index (χ4n) is 3.62. The summed E-state index contributed by atoms with van der Waals surface area (Å²) in [6, 6.07) is 21.4. The molecule has 3 nitrogen and oxygen atoms in total. The number of ether oxygens (including phenoxy) is 1. The number of allylic oxidation sites excluding steroid dienone is 1. The molecule has 0 saturated carbocycles. The van der Waals surface area contributed by atoms with Crippen LogP contribution in [0, 0.1) is 0 Å². The summed E-state index contributed by atoms with van der Waals surface area (Å²) in [4.78, 5) is 4.43. The summed E-state index contributed by atoms with van der Waals surface area (Å²) in [7, 11) is 0. The first-order chi connectivity index (χ1) is 11.4. The zero-order valence-corrected chi connectivity index (χ0v) is 13.0. The van der Waals surface area contributed by atoms with E-state index in [9.17, 15) is 0 Å². The zero-order valence-electron chi connectivity index (χ0n) is 13.0. The summed E-state index contributed by atoms with van der Waals surface area (Å²) in [6.07, 6.45) is 3.11.